The van der Waals surface area contributed by atoms with E-state index in [2.05, 4.69) is 15.1 Å². The van der Waals surface area contributed by atoms with Gasteiger partial charge in [-0.05, 0) is 46.7 Å². The number of likely N-dealkylation sites (N-methyl/N-ethyl adjacent to an activating group) is 1. The van der Waals surface area contributed by atoms with E-state index in [9.17, 15) is 9.59 Å². The highest BCUT2D eigenvalue weighted by atomic mass is 16.6. The summed E-state index contributed by atoms with van der Waals surface area (Å²) in [5.41, 5.74) is -0.442. The smallest absolute Gasteiger partial charge is 0.320 e. The van der Waals surface area contributed by atoms with Crippen molar-refractivity contribution in [2.45, 2.75) is 45.6 Å². The van der Waals surface area contributed by atoms with Crippen LogP contribution in [-0.4, -0.2) is 73.6 Å². The quantitative estimate of drug-likeness (QED) is 0.780. The fraction of sp³-hybridized carbons (Fsp3) is 0.875. The Bertz CT molecular complexity index is 366. The lowest BCUT2D eigenvalue weighted by molar-refractivity contribution is -0.156. The van der Waals surface area contributed by atoms with E-state index in [-0.39, 0.29) is 11.9 Å². The van der Waals surface area contributed by atoms with Gasteiger partial charge in [-0.25, -0.2) is 0 Å². The van der Waals surface area contributed by atoms with Crippen LogP contribution >= 0.6 is 0 Å². The average Bonchev–Trinajstić information content (AvgIpc) is 2.50. The number of amides is 1. The first-order valence-corrected chi connectivity index (χ1v) is 8.17. The number of rotatable bonds is 4. The number of carbonyl (C=O) groups is 2. The fourth-order valence-corrected chi connectivity index (χ4v) is 2.51. The van der Waals surface area contributed by atoms with E-state index in [0.717, 1.165) is 45.4 Å². The molecule has 0 aromatic rings. The Hall–Kier alpha value is -1.14. The van der Waals surface area contributed by atoms with Crippen molar-refractivity contribution in [3.63, 3.8) is 0 Å². The molecule has 0 aromatic carbocycles. The molecular weight excluding hydrogens is 282 g/mol. The molecule has 22 heavy (non-hydrogen) atoms. The zero-order valence-electron chi connectivity index (χ0n) is 14.5. The molecule has 6 heteroatoms. The summed E-state index contributed by atoms with van der Waals surface area (Å²) in [6.45, 7) is 9.84. The van der Waals surface area contributed by atoms with Gasteiger partial charge < -0.3 is 10.1 Å². The van der Waals surface area contributed by atoms with Gasteiger partial charge >= 0.3 is 5.97 Å². The predicted molar refractivity (Wildman–Crippen MR) is 86.6 cm³/mol. The van der Waals surface area contributed by atoms with Crippen LogP contribution in [0.15, 0.2) is 0 Å². The van der Waals surface area contributed by atoms with Crippen molar-refractivity contribution in [2.24, 2.45) is 0 Å². The van der Waals surface area contributed by atoms with E-state index in [1.165, 1.54) is 0 Å². The molecule has 128 valence electrons. The van der Waals surface area contributed by atoms with Gasteiger partial charge in [-0.3, -0.25) is 19.4 Å². The maximum atomic E-state index is 12.0. The molecule has 1 rings (SSSR count). The summed E-state index contributed by atoms with van der Waals surface area (Å²) in [5.74, 6) is -0.137. The van der Waals surface area contributed by atoms with E-state index >= 15 is 0 Å². The molecule has 1 aliphatic rings. The lowest BCUT2D eigenvalue weighted by Crippen LogP contribution is -2.42. The summed E-state index contributed by atoms with van der Waals surface area (Å²) in [4.78, 5) is 27.8. The third-order valence-corrected chi connectivity index (χ3v) is 3.60. The summed E-state index contributed by atoms with van der Waals surface area (Å²) in [7, 11) is 1.66. The summed E-state index contributed by atoms with van der Waals surface area (Å²) >= 11 is 0. The zero-order chi connectivity index (χ0) is 16.6. The minimum atomic E-state index is -0.442. The third-order valence-electron chi connectivity index (χ3n) is 3.60. The summed E-state index contributed by atoms with van der Waals surface area (Å²) in [5, 5.41) is 2.66. The van der Waals surface area contributed by atoms with Gasteiger partial charge in [0.25, 0.3) is 0 Å². The lowest BCUT2D eigenvalue weighted by Gasteiger charge is -2.26. The van der Waals surface area contributed by atoms with Crippen molar-refractivity contribution in [3.05, 3.63) is 0 Å². The van der Waals surface area contributed by atoms with Crippen molar-refractivity contribution in [2.75, 3.05) is 46.3 Å². The molecule has 6 nitrogen and oxygen atoms in total. The van der Waals surface area contributed by atoms with Crippen LogP contribution in [0, 0.1) is 0 Å². The van der Waals surface area contributed by atoms with Crippen LogP contribution in [0.1, 0.15) is 40.0 Å². The number of nitrogens with zero attached hydrogens (tertiary/aromatic N) is 2. The highest BCUT2D eigenvalue weighted by Gasteiger charge is 2.20. The Kier molecular flexibility index (Phi) is 7.82. The molecule has 1 heterocycles. The maximum Gasteiger partial charge on any atom is 0.320 e. The van der Waals surface area contributed by atoms with Crippen molar-refractivity contribution in [1.29, 1.82) is 0 Å². The molecule has 0 unspecified atom stereocenters. The Balaban J connectivity index is 2.49. The molecule has 1 saturated heterocycles. The van der Waals surface area contributed by atoms with Gasteiger partial charge in [0.15, 0.2) is 0 Å². The molecule has 0 bridgehead atoms. The van der Waals surface area contributed by atoms with Gasteiger partial charge in [0, 0.05) is 20.1 Å². The van der Waals surface area contributed by atoms with Crippen molar-refractivity contribution < 1.29 is 14.3 Å². The van der Waals surface area contributed by atoms with E-state index < -0.39 is 5.60 Å². The van der Waals surface area contributed by atoms with Crippen LogP contribution in [0.5, 0.6) is 0 Å². The Morgan fingerprint density at radius 1 is 0.955 bits per heavy atom. The van der Waals surface area contributed by atoms with E-state index in [1.54, 1.807) is 7.05 Å². The molecule has 1 amide bonds. The van der Waals surface area contributed by atoms with E-state index in [1.807, 2.05) is 20.8 Å². The molecule has 1 N–H and O–H groups in total. The van der Waals surface area contributed by atoms with Crippen molar-refractivity contribution >= 4 is 11.9 Å². The van der Waals surface area contributed by atoms with Gasteiger partial charge in [0.1, 0.15) is 5.60 Å². The van der Waals surface area contributed by atoms with Gasteiger partial charge in [-0.1, -0.05) is 6.42 Å². The zero-order valence-corrected chi connectivity index (χ0v) is 14.5. The number of carbonyl (C=O) groups excluding carboxylic acids is 2. The van der Waals surface area contributed by atoms with Crippen LogP contribution in [0.4, 0.5) is 0 Å². The first-order valence-electron chi connectivity index (χ1n) is 8.17. The SMILES string of the molecule is CNC(=O)CN1CCCCCN(CC(=O)OC(C)(C)C)CC1. The monoisotopic (exact) mass is 313 g/mol. The van der Waals surface area contributed by atoms with Crippen LogP contribution in [0.2, 0.25) is 0 Å². The van der Waals surface area contributed by atoms with Crippen molar-refractivity contribution in [1.82, 2.24) is 15.1 Å². The highest BCUT2D eigenvalue weighted by Crippen LogP contribution is 2.09. The Labute approximate surface area is 134 Å². The summed E-state index contributed by atoms with van der Waals surface area (Å²) < 4.78 is 5.39. The maximum absolute atomic E-state index is 12.0. The highest BCUT2D eigenvalue weighted by molar-refractivity contribution is 5.77. The van der Waals surface area contributed by atoms with Crippen LogP contribution in [0.3, 0.4) is 0 Å². The molecule has 0 aromatic heterocycles. The van der Waals surface area contributed by atoms with Gasteiger partial charge in [-0.2, -0.15) is 0 Å². The molecule has 0 radical (unpaired) electrons. The Morgan fingerprint density at radius 3 is 2.00 bits per heavy atom. The minimum absolute atomic E-state index is 0.0398. The second kappa shape index (κ2) is 9.10. The van der Waals surface area contributed by atoms with Crippen LogP contribution in [0.25, 0.3) is 0 Å². The lowest BCUT2D eigenvalue weighted by atomic mass is 10.2. The van der Waals surface area contributed by atoms with Gasteiger partial charge in [0.2, 0.25) is 5.91 Å². The second-order valence-electron chi connectivity index (χ2n) is 6.87. The van der Waals surface area contributed by atoms with Crippen LogP contribution < -0.4 is 5.32 Å². The number of hydrogen-bond acceptors (Lipinski definition) is 5. The van der Waals surface area contributed by atoms with Crippen molar-refractivity contribution in [3.8, 4) is 0 Å². The number of hydrogen-bond donors (Lipinski definition) is 1. The largest absolute Gasteiger partial charge is 0.459 e. The Morgan fingerprint density at radius 2 is 1.50 bits per heavy atom. The molecule has 0 saturated carbocycles. The number of ether oxygens (including phenoxy) is 1. The normalized spacial score (nSPS) is 18.9. The average molecular weight is 313 g/mol. The molecule has 1 aliphatic heterocycles. The first-order chi connectivity index (χ1) is 10.3. The molecular formula is C16H31N3O3. The molecule has 0 aliphatic carbocycles. The predicted octanol–water partition coefficient (Wildman–Crippen LogP) is 0.862. The summed E-state index contributed by atoms with van der Waals surface area (Å²) in [6.07, 6.45) is 3.29. The third kappa shape index (κ3) is 8.34. The van der Waals surface area contributed by atoms with Crippen LogP contribution in [-0.2, 0) is 14.3 Å². The molecule has 0 atom stereocenters. The standard InChI is InChI=1S/C16H31N3O3/c1-16(2,3)22-15(21)13-19-9-7-5-6-8-18(10-11-19)12-14(20)17-4/h5-13H2,1-4H3,(H,17,20). The second-order valence-corrected chi connectivity index (χ2v) is 6.87. The van der Waals surface area contributed by atoms with E-state index in [0.29, 0.717) is 13.1 Å². The number of esters is 1. The number of nitrogens with one attached hydrogen (secondary N) is 1. The van der Waals surface area contributed by atoms with E-state index in [4.69, 9.17) is 4.74 Å². The molecule has 1 fully saturated rings. The molecule has 0 spiro atoms. The minimum Gasteiger partial charge on any atom is -0.459 e. The van der Waals surface area contributed by atoms with Gasteiger partial charge in [0.05, 0.1) is 13.1 Å². The summed E-state index contributed by atoms with van der Waals surface area (Å²) in [6, 6.07) is 0. The van der Waals surface area contributed by atoms with Gasteiger partial charge in [-0.15, -0.1) is 0 Å². The first kappa shape index (κ1) is 18.9. The topological polar surface area (TPSA) is 61.9 Å². The fourth-order valence-electron chi connectivity index (χ4n) is 2.51.